The highest BCUT2D eigenvalue weighted by Gasteiger charge is 2.42. The van der Waals surface area contributed by atoms with Crippen molar-refractivity contribution in [3.63, 3.8) is 0 Å². The average molecular weight is 320 g/mol. The molecule has 4 rings (SSSR count). The third-order valence-corrected chi connectivity index (χ3v) is 4.35. The van der Waals surface area contributed by atoms with E-state index in [9.17, 15) is 0 Å². The summed E-state index contributed by atoms with van der Waals surface area (Å²) in [7, 11) is 0. The zero-order valence-electron chi connectivity index (χ0n) is 13.1. The lowest BCUT2D eigenvalue weighted by Gasteiger charge is -2.23. The van der Waals surface area contributed by atoms with Crippen LogP contribution in [0.15, 0.2) is 21.1 Å². The van der Waals surface area contributed by atoms with E-state index in [4.69, 9.17) is 23.2 Å². The minimum atomic E-state index is -0.445. The fraction of sp³-hybridized carbons (Fsp3) is 0.625. The van der Waals surface area contributed by atoms with Crippen molar-refractivity contribution in [2.24, 2.45) is 0 Å². The summed E-state index contributed by atoms with van der Waals surface area (Å²) in [6, 6.07) is 3.62. The van der Waals surface area contributed by atoms with E-state index in [1.807, 2.05) is 13.0 Å². The second-order valence-electron chi connectivity index (χ2n) is 5.83. The van der Waals surface area contributed by atoms with Gasteiger partial charge in [0.2, 0.25) is 12.1 Å². The lowest BCUT2D eigenvalue weighted by atomic mass is 10.0. The lowest BCUT2D eigenvalue weighted by molar-refractivity contribution is -0.0610. The molecule has 23 heavy (non-hydrogen) atoms. The zero-order chi connectivity index (χ0) is 15.7. The van der Waals surface area contributed by atoms with Crippen LogP contribution in [0.25, 0.3) is 11.6 Å². The van der Waals surface area contributed by atoms with E-state index in [1.165, 1.54) is 0 Å². The SMILES string of the molecule is CCOC1(c2nc(-c3ccc(C4OCCO4)o3)no2)CCCC1. The molecule has 0 N–H and O–H groups in total. The molecule has 2 aromatic heterocycles. The zero-order valence-corrected chi connectivity index (χ0v) is 13.1. The van der Waals surface area contributed by atoms with Crippen molar-refractivity contribution < 1.29 is 23.2 Å². The second-order valence-corrected chi connectivity index (χ2v) is 5.83. The van der Waals surface area contributed by atoms with Gasteiger partial charge in [0.15, 0.2) is 11.5 Å². The highest BCUT2D eigenvalue weighted by atomic mass is 16.7. The summed E-state index contributed by atoms with van der Waals surface area (Å²) < 4.78 is 28.0. The average Bonchev–Trinajstić information content (AvgIpc) is 3.31. The molecule has 2 aromatic rings. The summed E-state index contributed by atoms with van der Waals surface area (Å²) in [5.74, 6) is 2.12. The Bertz CT molecular complexity index is 653. The van der Waals surface area contributed by atoms with Gasteiger partial charge in [0, 0.05) is 6.61 Å². The molecular weight excluding hydrogens is 300 g/mol. The van der Waals surface area contributed by atoms with Crippen molar-refractivity contribution in [2.75, 3.05) is 19.8 Å². The number of nitrogens with zero attached hydrogens (tertiary/aromatic N) is 2. The van der Waals surface area contributed by atoms with Gasteiger partial charge in [0.1, 0.15) is 5.60 Å². The number of furan rings is 1. The van der Waals surface area contributed by atoms with Crippen LogP contribution in [0.3, 0.4) is 0 Å². The molecule has 2 aliphatic rings. The van der Waals surface area contributed by atoms with Crippen LogP contribution in [0, 0.1) is 0 Å². The fourth-order valence-corrected chi connectivity index (χ4v) is 3.27. The molecule has 0 spiro atoms. The summed E-state index contributed by atoms with van der Waals surface area (Å²) in [5.41, 5.74) is -0.437. The summed E-state index contributed by atoms with van der Waals surface area (Å²) in [5, 5.41) is 4.06. The van der Waals surface area contributed by atoms with E-state index in [1.54, 1.807) is 6.07 Å². The first-order valence-electron chi connectivity index (χ1n) is 8.12. The molecule has 0 bridgehead atoms. The van der Waals surface area contributed by atoms with Crippen molar-refractivity contribution in [1.82, 2.24) is 10.1 Å². The highest BCUT2D eigenvalue weighted by molar-refractivity contribution is 5.46. The van der Waals surface area contributed by atoms with Crippen molar-refractivity contribution in [3.05, 3.63) is 23.8 Å². The maximum atomic E-state index is 5.95. The Balaban J connectivity index is 1.57. The Labute approximate surface area is 133 Å². The van der Waals surface area contributed by atoms with Gasteiger partial charge in [-0.05, 0) is 44.7 Å². The lowest BCUT2D eigenvalue weighted by Crippen LogP contribution is -2.26. The number of aromatic nitrogens is 2. The molecule has 0 aromatic carbocycles. The third kappa shape index (κ3) is 2.69. The van der Waals surface area contributed by atoms with Crippen LogP contribution in [0.5, 0.6) is 0 Å². The maximum absolute atomic E-state index is 5.95. The maximum Gasteiger partial charge on any atom is 0.259 e. The molecule has 7 heteroatoms. The molecule has 1 saturated carbocycles. The standard InChI is InChI=1S/C16H20N2O5/c1-2-21-16(7-3-4-8-16)15-17-13(18-23-15)11-5-6-12(22-11)14-19-9-10-20-14/h5-6,14H,2-4,7-10H2,1H3. The Morgan fingerprint density at radius 1 is 1.22 bits per heavy atom. The van der Waals surface area contributed by atoms with Crippen LogP contribution in [0.1, 0.15) is 50.5 Å². The topological polar surface area (TPSA) is 79.8 Å². The highest BCUT2D eigenvalue weighted by Crippen LogP contribution is 2.42. The summed E-state index contributed by atoms with van der Waals surface area (Å²) in [6.07, 6.45) is 3.60. The van der Waals surface area contributed by atoms with Crippen LogP contribution >= 0.6 is 0 Å². The first-order chi connectivity index (χ1) is 11.3. The van der Waals surface area contributed by atoms with E-state index in [-0.39, 0.29) is 0 Å². The minimum Gasteiger partial charge on any atom is -0.452 e. The van der Waals surface area contributed by atoms with Crippen molar-refractivity contribution in [3.8, 4) is 11.6 Å². The first kappa shape index (κ1) is 14.9. The van der Waals surface area contributed by atoms with Gasteiger partial charge in [0.25, 0.3) is 5.89 Å². The van der Waals surface area contributed by atoms with E-state index >= 15 is 0 Å². The monoisotopic (exact) mass is 320 g/mol. The normalized spacial score (nSPS) is 21.3. The van der Waals surface area contributed by atoms with E-state index in [0.29, 0.717) is 43.1 Å². The first-order valence-corrected chi connectivity index (χ1v) is 8.12. The fourth-order valence-electron chi connectivity index (χ4n) is 3.27. The molecule has 1 aliphatic heterocycles. The summed E-state index contributed by atoms with van der Waals surface area (Å²) in [6.45, 7) is 3.75. The summed E-state index contributed by atoms with van der Waals surface area (Å²) in [4.78, 5) is 4.52. The molecule has 3 heterocycles. The van der Waals surface area contributed by atoms with Gasteiger partial charge >= 0.3 is 0 Å². The number of rotatable bonds is 5. The Hall–Kier alpha value is -1.70. The van der Waals surface area contributed by atoms with E-state index < -0.39 is 11.9 Å². The molecule has 7 nitrogen and oxygen atoms in total. The van der Waals surface area contributed by atoms with Gasteiger partial charge < -0.3 is 23.2 Å². The molecule has 0 amide bonds. The van der Waals surface area contributed by atoms with Crippen molar-refractivity contribution in [2.45, 2.75) is 44.5 Å². The number of hydrogen-bond acceptors (Lipinski definition) is 7. The number of hydrogen-bond donors (Lipinski definition) is 0. The third-order valence-electron chi connectivity index (χ3n) is 4.35. The van der Waals surface area contributed by atoms with Crippen molar-refractivity contribution in [1.29, 1.82) is 0 Å². The molecule has 0 unspecified atom stereocenters. The van der Waals surface area contributed by atoms with Gasteiger partial charge in [-0.2, -0.15) is 4.98 Å². The van der Waals surface area contributed by atoms with Crippen LogP contribution < -0.4 is 0 Å². The van der Waals surface area contributed by atoms with E-state index in [2.05, 4.69) is 10.1 Å². The minimum absolute atomic E-state index is 0.426. The summed E-state index contributed by atoms with van der Waals surface area (Å²) >= 11 is 0. The predicted octanol–water partition coefficient (Wildman–Crippen LogP) is 3.18. The van der Waals surface area contributed by atoms with Gasteiger partial charge in [-0.15, -0.1) is 0 Å². The Morgan fingerprint density at radius 3 is 2.74 bits per heavy atom. The predicted molar refractivity (Wildman–Crippen MR) is 78.4 cm³/mol. The molecule has 0 radical (unpaired) electrons. The molecule has 2 fully saturated rings. The smallest absolute Gasteiger partial charge is 0.259 e. The van der Waals surface area contributed by atoms with Crippen molar-refractivity contribution >= 4 is 0 Å². The molecule has 1 saturated heterocycles. The quantitative estimate of drug-likeness (QED) is 0.837. The number of ether oxygens (including phenoxy) is 3. The Kier molecular flexibility index (Phi) is 3.92. The van der Waals surface area contributed by atoms with Crippen LogP contribution in [0.2, 0.25) is 0 Å². The van der Waals surface area contributed by atoms with Crippen LogP contribution in [-0.4, -0.2) is 30.0 Å². The molecule has 124 valence electrons. The van der Waals surface area contributed by atoms with Gasteiger partial charge in [-0.3, -0.25) is 0 Å². The molecule has 1 aliphatic carbocycles. The van der Waals surface area contributed by atoms with Gasteiger partial charge in [-0.1, -0.05) is 5.16 Å². The van der Waals surface area contributed by atoms with Crippen LogP contribution in [-0.2, 0) is 19.8 Å². The second kappa shape index (κ2) is 6.07. The largest absolute Gasteiger partial charge is 0.452 e. The van der Waals surface area contributed by atoms with Gasteiger partial charge in [0.05, 0.1) is 13.2 Å². The van der Waals surface area contributed by atoms with E-state index in [0.717, 1.165) is 25.7 Å². The Morgan fingerprint density at radius 2 is 2.00 bits per heavy atom. The van der Waals surface area contributed by atoms with Crippen LogP contribution in [0.4, 0.5) is 0 Å². The molecule has 0 atom stereocenters. The van der Waals surface area contributed by atoms with Gasteiger partial charge in [-0.25, -0.2) is 0 Å². The molecular formula is C16H20N2O5.